The second-order valence-corrected chi connectivity index (χ2v) is 5.03. The summed E-state index contributed by atoms with van der Waals surface area (Å²) in [5.74, 6) is 0.961. The molecule has 2 N–H and O–H groups in total. The number of carbonyl (C=O) groups excluding carboxylic acids is 1. The van der Waals surface area contributed by atoms with E-state index in [1.54, 1.807) is 0 Å². The molecule has 4 heteroatoms. The summed E-state index contributed by atoms with van der Waals surface area (Å²) in [4.78, 5) is 11.7. The predicted octanol–water partition coefficient (Wildman–Crippen LogP) is 2.29. The number of aryl methyl sites for hydroxylation is 1. The fraction of sp³-hybridized carbons (Fsp3) is 0.562. The Labute approximate surface area is 121 Å². The van der Waals surface area contributed by atoms with E-state index in [0.717, 1.165) is 30.6 Å². The Hall–Kier alpha value is -1.55. The van der Waals surface area contributed by atoms with Crippen molar-refractivity contribution in [2.45, 2.75) is 33.1 Å². The van der Waals surface area contributed by atoms with Crippen molar-refractivity contribution in [2.24, 2.45) is 5.92 Å². The Balaban J connectivity index is 2.31. The Morgan fingerprint density at radius 2 is 2.10 bits per heavy atom. The second kappa shape index (κ2) is 9.37. The van der Waals surface area contributed by atoms with Gasteiger partial charge in [-0.15, -0.1) is 0 Å². The van der Waals surface area contributed by atoms with Gasteiger partial charge in [0.25, 0.3) is 5.91 Å². The summed E-state index contributed by atoms with van der Waals surface area (Å²) < 4.78 is 5.49. The first kappa shape index (κ1) is 16.5. The van der Waals surface area contributed by atoms with Gasteiger partial charge in [-0.05, 0) is 37.3 Å². The van der Waals surface area contributed by atoms with E-state index in [2.05, 4.69) is 12.2 Å². The topological polar surface area (TPSA) is 58.6 Å². The fourth-order valence-corrected chi connectivity index (χ4v) is 2.11. The summed E-state index contributed by atoms with van der Waals surface area (Å²) in [5.41, 5.74) is 1.02. The molecule has 0 spiro atoms. The van der Waals surface area contributed by atoms with Crippen LogP contribution in [0.2, 0.25) is 0 Å². The molecule has 0 aromatic heterocycles. The molecule has 0 bridgehead atoms. The number of aliphatic hydroxyl groups excluding tert-OH is 1. The van der Waals surface area contributed by atoms with Gasteiger partial charge < -0.3 is 15.2 Å². The molecule has 0 fully saturated rings. The van der Waals surface area contributed by atoms with E-state index < -0.39 is 0 Å². The number of para-hydroxylation sites is 1. The molecule has 1 amide bonds. The SMILES string of the molecule is CCCC(CCO)CNC(=O)COc1ccccc1C. The van der Waals surface area contributed by atoms with Crippen LogP contribution in [-0.4, -0.2) is 30.8 Å². The average Bonchev–Trinajstić information content (AvgIpc) is 2.44. The number of amides is 1. The number of hydrogen-bond acceptors (Lipinski definition) is 3. The molecule has 0 heterocycles. The molecule has 0 aliphatic rings. The second-order valence-electron chi connectivity index (χ2n) is 5.03. The summed E-state index contributed by atoms with van der Waals surface area (Å²) >= 11 is 0. The fourth-order valence-electron chi connectivity index (χ4n) is 2.11. The van der Waals surface area contributed by atoms with Crippen molar-refractivity contribution in [1.29, 1.82) is 0 Å². The first-order valence-corrected chi connectivity index (χ1v) is 7.23. The van der Waals surface area contributed by atoms with Gasteiger partial charge in [0.05, 0.1) is 0 Å². The highest BCUT2D eigenvalue weighted by atomic mass is 16.5. The Kier molecular flexibility index (Phi) is 7.73. The van der Waals surface area contributed by atoms with Crippen molar-refractivity contribution >= 4 is 5.91 Å². The van der Waals surface area contributed by atoms with Crippen LogP contribution in [0.15, 0.2) is 24.3 Å². The summed E-state index contributed by atoms with van der Waals surface area (Å²) in [5, 5.41) is 11.8. The largest absolute Gasteiger partial charge is 0.484 e. The molecule has 0 saturated carbocycles. The molecule has 20 heavy (non-hydrogen) atoms. The zero-order chi connectivity index (χ0) is 14.8. The van der Waals surface area contributed by atoms with E-state index in [-0.39, 0.29) is 19.1 Å². The Morgan fingerprint density at radius 1 is 1.35 bits per heavy atom. The number of rotatable bonds is 9. The number of ether oxygens (including phenoxy) is 1. The van der Waals surface area contributed by atoms with E-state index >= 15 is 0 Å². The van der Waals surface area contributed by atoms with E-state index in [4.69, 9.17) is 9.84 Å². The molecule has 0 radical (unpaired) electrons. The molecule has 0 aliphatic heterocycles. The first-order valence-electron chi connectivity index (χ1n) is 7.23. The standard InChI is InChI=1S/C16H25NO3/c1-3-6-14(9-10-18)11-17-16(19)12-20-15-8-5-4-7-13(15)2/h4-5,7-8,14,18H,3,6,9-12H2,1-2H3,(H,17,19). The molecular weight excluding hydrogens is 254 g/mol. The third-order valence-corrected chi connectivity index (χ3v) is 3.27. The predicted molar refractivity (Wildman–Crippen MR) is 79.8 cm³/mol. The molecule has 1 aromatic carbocycles. The smallest absolute Gasteiger partial charge is 0.257 e. The van der Waals surface area contributed by atoms with Crippen LogP contribution >= 0.6 is 0 Å². The quantitative estimate of drug-likeness (QED) is 0.729. The maximum Gasteiger partial charge on any atom is 0.257 e. The molecule has 1 atom stereocenters. The molecule has 4 nitrogen and oxygen atoms in total. The molecule has 0 aliphatic carbocycles. The van der Waals surface area contributed by atoms with E-state index in [1.807, 2.05) is 31.2 Å². The van der Waals surface area contributed by atoms with Crippen LogP contribution in [0.5, 0.6) is 5.75 Å². The van der Waals surface area contributed by atoms with Gasteiger partial charge in [0, 0.05) is 13.2 Å². The van der Waals surface area contributed by atoms with Gasteiger partial charge in [0.2, 0.25) is 0 Å². The van der Waals surface area contributed by atoms with Crippen molar-refractivity contribution < 1.29 is 14.6 Å². The zero-order valence-electron chi connectivity index (χ0n) is 12.4. The monoisotopic (exact) mass is 279 g/mol. The van der Waals surface area contributed by atoms with Gasteiger partial charge in [-0.25, -0.2) is 0 Å². The van der Waals surface area contributed by atoms with Crippen LogP contribution in [-0.2, 0) is 4.79 Å². The van der Waals surface area contributed by atoms with Crippen molar-refractivity contribution in [3.05, 3.63) is 29.8 Å². The van der Waals surface area contributed by atoms with E-state index in [1.165, 1.54) is 0 Å². The van der Waals surface area contributed by atoms with Gasteiger partial charge >= 0.3 is 0 Å². The van der Waals surface area contributed by atoms with Gasteiger partial charge in [-0.2, -0.15) is 0 Å². The highest BCUT2D eigenvalue weighted by Crippen LogP contribution is 2.15. The summed E-state index contributed by atoms with van der Waals surface area (Å²) in [6.45, 7) is 4.85. The molecule has 1 aromatic rings. The first-order chi connectivity index (χ1) is 9.67. The Bertz CT molecular complexity index is 400. The minimum Gasteiger partial charge on any atom is -0.484 e. The highest BCUT2D eigenvalue weighted by Gasteiger charge is 2.10. The minimum atomic E-state index is -0.118. The number of benzene rings is 1. The zero-order valence-corrected chi connectivity index (χ0v) is 12.4. The number of aliphatic hydroxyl groups is 1. The van der Waals surface area contributed by atoms with Gasteiger partial charge in [-0.3, -0.25) is 4.79 Å². The van der Waals surface area contributed by atoms with E-state index in [9.17, 15) is 4.79 Å². The van der Waals surface area contributed by atoms with Gasteiger partial charge in [0.15, 0.2) is 6.61 Å². The summed E-state index contributed by atoms with van der Waals surface area (Å²) in [7, 11) is 0. The average molecular weight is 279 g/mol. The minimum absolute atomic E-state index is 0.0306. The normalized spacial score (nSPS) is 11.9. The lowest BCUT2D eigenvalue weighted by Crippen LogP contribution is -2.33. The maximum absolute atomic E-state index is 11.7. The molecule has 1 rings (SSSR count). The lowest BCUT2D eigenvalue weighted by atomic mass is 10.0. The van der Waals surface area contributed by atoms with Crippen molar-refractivity contribution in [3.8, 4) is 5.75 Å². The lowest BCUT2D eigenvalue weighted by Gasteiger charge is -2.16. The van der Waals surface area contributed by atoms with E-state index in [0.29, 0.717) is 12.5 Å². The van der Waals surface area contributed by atoms with Crippen molar-refractivity contribution in [2.75, 3.05) is 19.8 Å². The Morgan fingerprint density at radius 3 is 2.75 bits per heavy atom. The third-order valence-electron chi connectivity index (χ3n) is 3.27. The van der Waals surface area contributed by atoms with Crippen LogP contribution in [0.4, 0.5) is 0 Å². The number of hydrogen-bond donors (Lipinski definition) is 2. The summed E-state index contributed by atoms with van der Waals surface area (Å²) in [6, 6.07) is 7.63. The maximum atomic E-state index is 11.7. The molecule has 112 valence electrons. The molecule has 1 unspecified atom stereocenters. The van der Waals surface area contributed by atoms with Gasteiger partial charge in [-0.1, -0.05) is 31.5 Å². The summed E-state index contributed by atoms with van der Waals surface area (Å²) in [6.07, 6.45) is 2.80. The van der Waals surface area contributed by atoms with Crippen LogP contribution in [0.25, 0.3) is 0 Å². The van der Waals surface area contributed by atoms with Crippen LogP contribution < -0.4 is 10.1 Å². The highest BCUT2D eigenvalue weighted by molar-refractivity contribution is 5.77. The lowest BCUT2D eigenvalue weighted by molar-refractivity contribution is -0.123. The molecule has 0 saturated heterocycles. The van der Waals surface area contributed by atoms with Crippen LogP contribution in [0.1, 0.15) is 31.7 Å². The van der Waals surface area contributed by atoms with Crippen LogP contribution in [0, 0.1) is 12.8 Å². The van der Waals surface area contributed by atoms with Crippen molar-refractivity contribution in [3.63, 3.8) is 0 Å². The third kappa shape index (κ3) is 6.06. The number of carbonyl (C=O) groups is 1. The molecular formula is C16H25NO3. The number of nitrogens with one attached hydrogen (secondary N) is 1. The van der Waals surface area contributed by atoms with Gasteiger partial charge in [0.1, 0.15) is 5.75 Å². The van der Waals surface area contributed by atoms with Crippen molar-refractivity contribution in [1.82, 2.24) is 5.32 Å². The van der Waals surface area contributed by atoms with Crippen LogP contribution in [0.3, 0.4) is 0 Å².